The maximum atomic E-state index is 15.3. The molecular formula is C50H62N4O9S2. The van der Waals surface area contributed by atoms with E-state index in [1.165, 1.54) is 17.8 Å². The van der Waals surface area contributed by atoms with Crippen molar-refractivity contribution in [3.63, 3.8) is 0 Å². The van der Waals surface area contributed by atoms with E-state index in [4.69, 9.17) is 19.2 Å². The second kappa shape index (κ2) is 18.6. The number of Topliss-reactive ketones (excluding diaryl/α,β-unsaturated/α-hetero) is 1. The highest BCUT2D eigenvalue weighted by atomic mass is 32.2. The van der Waals surface area contributed by atoms with Gasteiger partial charge in [0.05, 0.1) is 47.4 Å². The number of allylic oxidation sites excluding steroid dienone is 2. The summed E-state index contributed by atoms with van der Waals surface area (Å²) in [4.78, 5) is 69.3. The Kier molecular flexibility index (Phi) is 13.0. The minimum Gasteiger partial charge on any atom is -0.491 e. The number of esters is 1. The summed E-state index contributed by atoms with van der Waals surface area (Å²) in [5, 5.41) is 1.97. The predicted molar refractivity (Wildman–Crippen MR) is 246 cm³/mol. The smallest absolute Gasteiger partial charge is 0.306 e. The maximum absolute atomic E-state index is 15.3. The van der Waals surface area contributed by atoms with Crippen molar-refractivity contribution in [3.8, 4) is 33.5 Å². The number of nitrogens with zero attached hydrogens (tertiary/aromatic N) is 3. The van der Waals surface area contributed by atoms with E-state index in [0.29, 0.717) is 66.1 Å². The Morgan fingerprint density at radius 3 is 2.42 bits per heavy atom. The molecule has 6 aliphatic rings. The van der Waals surface area contributed by atoms with Gasteiger partial charge in [-0.1, -0.05) is 32.4 Å². The first-order valence-corrected chi connectivity index (χ1v) is 26.2. The fourth-order valence-electron chi connectivity index (χ4n) is 10.8. The van der Waals surface area contributed by atoms with Gasteiger partial charge in [0.2, 0.25) is 21.8 Å². The van der Waals surface area contributed by atoms with E-state index >= 15 is 4.79 Å². The van der Waals surface area contributed by atoms with Crippen molar-refractivity contribution in [2.45, 2.75) is 141 Å². The SMILES string of the molecule is CC[C@@H]1C[C@H](C)CC/C=C\[C@@H]2C[C@@]2(C(=O)NS(=O)(=O)C2CC2)CC(=O)[C@@H]2C[C@@H](Oc3cc(-c4ccc(OC(C)C)cc4)nc(-c4nccs4)c3)CN2C(=O)[C@H]1CC(=O)OC1C[C@@H]2C[C@@H]2C1. The van der Waals surface area contributed by atoms with Crippen LogP contribution in [0.4, 0.5) is 0 Å². The van der Waals surface area contributed by atoms with Crippen molar-refractivity contribution in [1.29, 1.82) is 0 Å². The standard InChI is InChI=1S/C50H62N4O9S2/c1-5-31-18-30(4)8-6-7-9-35-26-50(35,49(58)53-65(59,60)40-14-15-40)27-45(55)44-24-39(28-54(44)48(57)41(31)25-46(56)63-37-20-33-19-34(33)21-37)62-38-22-42(52-43(23-38)47-51-16-17-64-47)32-10-12-36(13-11-32)61-29(2)3/h7,9-13,16-17,22-23,29-31,33-35,37,39-41,44H,5-6,8,14-15,18-21,24-28H2,1-4H3,(H,53,58)/b9-7-/t30-,31-,33-,34+,35-,37?,39-,41+,44+,50-/m1/s1. The fraction of sp³-hybridized carbons (Fsp3) is 0.600. The van der Waals surface area contributed by atoms with Crippen LogP contribution in [-0.4, -0.2) is 83.0 Å². The average Bonchev–Trinajstić information content (AvgIpc) is 4.22. The highest BCUT2D eigenvalue weighted by Crippen LogP contribution is 2.57. The van der Waals surface area contributed by atoms with Crippen LogP contribution in [0.3, 0.4) is 0 Å². The second-order valence-corrected chi connectivity index (χ2v) is 22.9. The number of hydrogen-bond donors (Lipinski definition) is 1. The van der Waals surface area contributed by atoms with Gasteiger partial charge in [0.1, 0.15) is 34.4 Å². The van der Waals surface area contributed by atoms with Crippen molar-refractivity contribution in [3.05, 3.63) is 60.1 Å². The molecule has 1 unspecified atom stereocenters. The fourth-order valence-corrected chi connectivity index (χ4v) is 12.7. The summed E-state index contributed by atoms with van der Waals surface area (Å²) in [5.41, 5.74) is 0.821. The highest BCUT2D eigenvalue weighted by Gasteiger charge is 2.62. The molecule has 65 heavy (non-hydrogen) atoms. The average molecular weight is 927 g/mol. The number of benzene rings is 1. The Labute approximate surface area is 386 Å². The lowest BCUT2D eigenvalue weighted by Gasteiger charge is -2.33. The quantitative estimate of drug-likeness (QED) is 0.129. The van der Waals surface area contributed by atoms with Gasteiger partial charge < -0.3 is 19.1 Å². The van der Waals surface area contributed by atoms with Gasteiger partial charge in [0, 0.05) is 42.1 Å². The molecule has 0 radical (unpaired) electrons. The molecule has 3 aromatic rings. The summed E-state index contributed by atoms with van der Waals surface area (Å²) in [6.45, 7) is 8.24. The third-order valence-electron chi connectivity index (χ3n) is 14.7. The molecule has 1 saturated heterocycles. The number of hydrogen-bond acceptors (Lipinski definition) is 12. The van der Waals surface area contributed by atoms with E-state index < -0.39 is 44.7 Å². The number of fused-ring (bicyclic) bond motifs is 3. The normalized spacial score (nSPS) is 31.8. The Bertz CT molecular complexity index is 2390. The lowest BCUT2D eigenvalue weighted by molar-refractivity contribution is -0.155. The molecule has 9 rings (SSSR count). The van der Waals surface area contributed by atoms with Crippen molar-refractivity contribution >= 4 is 44.9 Å². The van der Waals surface area contributed by atoms with Crippen molar-refractivity contribution in [2.24, 2.45) is 40.9 Å². The van der Waals surface area contributed by atoms with Gasteiger partial charge in [0.25, 0.3) is 0 Å². The summed E-state index contributed by atoms with van der Waals surface area (Å²) >= 11 is 1.45. The molecule has 2 aromatic heterocycles. The van der Waals surface area contributed by atoms with Gasteiger partial charge in [-0.2, -0.15) is 0 Å². The van der Waals surface area contributed by atoms with E-state index in [9.17, 15) is 22.8 Å². The molecule has 15 heteroatoms. The first kappa shape index (κ1) is 45.5. The van der Waals surface area contributed by atoms with Crippen LogP contribution in [0.25, 0.3) is 22.0 Å². The molecule has 348 valence electrons. The van der Waals surface area contributed by atoms with Crippen LogP contribution in [0, 0.1) is 40.9 Å². The molecule has 0 spiro atoms. The van der Waals surface area contributed by atoms with Gasteiger partial charge in [-0.25, -0.2) is 18.4 Å². The van der Waals surface area contributed by atoms with Gasteiger partial charge in [0.15, 0.2) is 5.78 Å². The number of nitrogens with one attached hydrogen (secondary N) is 1. The molecule has 4 heterocycles. The third kappa shape index (κ3) is 10.4. The second-order valence-electron chi connectivity index (χ2n) is 20.0. The van der Waals surface area contributed by atoms with E-state index in [1.807, 2.05) is 67.8 Å². The Morgan fingerprint density at radius 1 is 0.969 bits per heavy atom. The van der Waals surface area contributed by atoms with Gasteiger partial charge >= 0.3 is 5.97 Å². The lowest BCUT2D eigenvalue weighted by Crippen LogP contribution is -2.48. The first-order valence-electron chi connectivity index (χ1n) is 23.8. The largest absolute Gasteiger partial charge is 0.491 e. The number of rotatable bonds is 13. The number of ketones is 1. The van der Waals surface area contributed by atoms with E-state index in [1.54, 1.807) is 11.1 Å². The maximum Gasteiger partial charge on any atom is 0.306 e. The minimum absolute atomic E-state index is 0.0168. The minimum atomic E-state index is -3.87. The molecule has 2 amide bonds. The Balaban J connectivity index is 1.04. The molecular weight excluding hydrogens is 865 g/mol. The monoisotopic (exact) mass is 926 g/mol. The highest BCUT2D eigenvalue weighted by molar-refractivity contribution is 7.90. The number of pyridine rings is 1. The Morgan fingerprint density at radius 2 is 1.72 bits per heavy atom. The van der Waals surface area contributed by atoms with Gasteiger partial charge in [-0.3, -0.25) is 23.9 Å². The van der Waals surface area contributed by atoms with Crippen LogP contribution in [0.5, 0.6) is 11.5 Å². The van der Waals surface area contributed by atoms with Gasteiger partial charge in [-0.15, -0.1) is 11.3 Å². The molecule has 4 saturated carbocycles. The zero-order chi connectivity index (χ0) is 45.6. The van der Waals surface area contributed by atoms with Crippen LogP contribution in [0.15, 0.2) is 60.1 Å². The third-order valence-corrected chi connectivity index (χ3v) is 17.3. The summed E-state index contributed by atoms with van der Waals surface area (Å²) in [7, 11) is -3.87. The van der Waals surface area contributed by atoms with Crippen LogP contribution in [0.1, 0.15) is 111 Å². The molecule has 5 fully saturated rings. The summed E-state index contributed by atoms with van der Waals surface area (Å²) in [5.74, 6) is -0.171. The van der Waals surface area contributed by atoms with Crippen LogP contribution in [-0.2, 0) is 33.9 Å². The number of amides is 2. The number of ether oxygens (including phenoxy) is 3. The van der Waals surface area contributed by atoms with Crippen molar-refractivity contribution < 1.29 is 41.8 Å². The zero-order valence-corrected chi connectivity index (χ0v) is 39.5. The summed E-state index contributed by atoms with van der Waals surface area (Å²) in [6.07, 6.45) is 12.0. The van der Waals surface area contributed by atoms with E-state index in [2.05, 4.69) is 23.6 Å². The number of sulfonamides is 1. The van der Waals surface area contributed by atoms with Crippen molar-refractivity contribution in [2.75, 3.05) is 6.54 Å². The lowest BCUT2D eigenvalue weighted by atomic mass is 9.79. The summed E-state index contributed by atoms with van der Waals surface area (Å²) in [6, 6.07) is 10.4. The van der Waals surface area contributed by atoms with Crippen LogP contribution < -0.4 is 14.2 Å². The topological polar surface area (TPSA) is 171 Å². The molecule has 0 bridgehead atoms. The van der Waals surface area contributed by atoms with Crippen molar-refractivity contribution in [1.82, 2.24) is 19.6 Å². The van der Waals surface area contributed by atoms with Crippen LogP contribution in [0.2, 0.25) is 0 Å². The number of carbonyl (C=O) groups is 4. The number of aromatic nitrogens is 2. The first-order chi connectivity index (χ1) is 31.2. The molecule has 13 nitrogen and oxygen atoms in total. The van der Waals surface area contributed by atoms with E-state index in [-0.39, 0.29) is 73.4 Å². The molecule has 10 atom stereocenters. The molecule has 4 aliphatic carbocycles. The number of thiazole rings is 1. The molecule has 1 aromatic carbocycles. The van der Waals surface area contributed by atoms with E-state index in [0.717, 1.165) is 37.0 Å². The predicted octanol–water partition coefficient (Wildman–Crippen LogP) is 8.33. The zero-order valence-electron chi connectivity index (χ0n) is 37.9. The van der Waals surface area contributed by atoms with Crippen LogP contribution >= 0.6 is 11.3 Å². The summed E-state index contributed by atoms with van der Waals surface area (Å²) < 4.78 is 47.3. The van der Waals surface area contributed by atoms with Gasteiger partial charge in [-0.05, 0) is 125 Å². The molecule has 1 N–H and O–H groups in total. The Hall–Kier alpha value is -4.63. The molecule has 2 aliphatic heterocycles. The number of carbonyl (C=O) groups excluding carboxylic acids is 4.